The summed E-state index contributed by atoms with van der Waals surface area (Å²) >= 11 is -2.76. The number of allylic oxidation sites excluding steroid dienone is 4. The molecule has 2 aromatic rings. The van der Waals surface area contributed by atoms with Crippen LogP contribution in [0.2, 0.25) is 9.26 Å². The van der Waals surface area contributed by atoms with Crippen molar-refractivity contribution in [3.05, 3.63) is 80.9 Å². The van der Waals surface area contributed by atoms with Crippen molar-refractivity contribution in [2.24, 2.45) is 0 Å². The molecule has 0 fully saturated rings. The Morgan fingerprint density at radius 1 is 0.667 bits per heavy atom. The normalized spacial score (nSPS) is 23.8. The molecule has 0 aromatic heterocycles. The Balaban J connectivity index is 1.78. The third-order valence-electron chi connectivity index (χ3n) is 9.14. The van der Waals surface area contributed by atoms with Crippen LogP contribution in [0.25, 0.3) is 11.1 Å². The molecule has 2 unspecified atom stereocenters. The van der Waals surface area contributed by atoms with E-state index >= 15 is 0 Å². The molecule has 1 heteroatoms. The first kappa shape index (κ1) is 23.5. The molecule has 3 aliphatic rings. The van der Waals surface area contributed by atoms with Crippen LogP contribution in [0.5, 0.6) is 0 Å². The summed E-state index contributed by atoms with van der Waals surface area (Å²) in [5.74, 6) is 1.17. The zero-order chi connectivity index (χ0) is 23.7. The van der Waals surface area contributed by atoms with Crippen LogP contribution in [0.4, 0.5) is 0 Å². The molecule has 0 nitrogen and oxygen atoms in total. The van der Waals surface area contributed by atoms with Crippen molar-refractivity contribution in [3.8, 4) is 0 Å². The minimum absolute atomic E-state index is 0.585. The van der Waals surface area contributed by atoms with Gasteiger partial charge < -0.3 is 0 Å². The van der Waals surface area contributed by atoms with Crippen molar-refractivity contribution in [1.82, 2.24) is 0 Å². The fraction of sp³-hybridized carbons (Fsp3) is 0.500. The van der Waals surface area contributed by atoms with E-state index in [9.17, 15) is 0 Å². The number of fused-ring (bicyclic) bond motifs is 8. The predicted octanol–water partition coefficient (Wildman–Crippen LogP) is 10.1. The topological polar surface area (TPSA) is 0 Å². The number of hydrogen-bond acceptors (Lipinski definition) is 0. The second kappa shape index (κ2) is 8.48. The van der Waals surface area contributed by atoms with E-state index in [1.54, 1.807) is 55.7 Å². The molecular weight excluding hydrogens is 476 g/mol. The molecule has 33 heavy (non-hydrogen) atoms. The Kier molecular flexibility index (Phi) is 6.05. The van der Waals surface area contributed by atoms with Crippen LogP contribution >= 0.6 is 0 Å². The minimum atomic E-state index is -2.76. The third-order valence-corrected chi connectivity index (χ3v) is 20.1. The van der Waals surface area contributed by atoms with Crippen LogP contribution in [-0.2, 0) is 20.3 Å². The average Bonchev–Trinajstić information content (AvgIpc) is 3.21. The molecule has 2 aromatic carbocycles. The zero-order valence-electron chi connectivity index (χ0n) is 22.1. The van der Waals surface area contributed by atoms with Crippen LogP contribution in [0.3, 0.4) is 0 Å². The molecule has 1 heterocycles. The quantitative estimate of drug-likeness (QED) is 0.372. The van der Waals surface area contributed by atoms with Crippen LogP contribution in [0, 0.1) is 0 Å². The monoisotopic (exact) mass is 516 g/mol. The van der Waals surface area contributed by atoms with Gasteiger partial charge in [-0.2, -0.15) is 0 Å². The molecule has 0 N–H and O–H groups in total. The molecule has 0 spiro atoms. The van der Waals surface area contributed by atoms with Crippen molar-refractivity contribution < 1.29 is 20.3 Å². The molecule has 1 aliphatic heterocycles. The van der Waals surface area contributed by atoms with Gasteiger partial charge in [-0.05, 0) is 0 Å². The SMILES string of the molecule is CC1=C2CCCCC3=C(C)[CH](c4cccc(C(C)C)c43)[Zr]([CH3])([CH3])[CH]1c1cccc(C(C)C)c12. The van der Waals surface area contributed by atoms with Gasteiger partial charge in [0.05, 0.1) is 0 Å². The molecule has 0 saturated carbocycles. The second-order valence-electron chi connectivity index (χ2n) is 12.1. The molecule has 0 radical (unpaired) electrons. The van der Waals surface area contributed by atoms with Crippen LogP contribution in [0.15, 0.2) is 47.5 Å². The zero-order valence-corrected chi connectivity index (χ0v) is 24.6. The first-order chi connectivity index (χ1) is 15.7. The van der Waals surface area contributed by atoms with E-state index in [2.05, 4.69) is 87.2 Å². The van der Waals surface area contributed by atoms with E-state index in [4.69, 9.17) is 0 Å². The maximum atomic E-state index is 2.78. The molecular formula is C32H42Zr. The number of hydrogen-bond donors (Lipinski definition) is 0. The fourth-order valence-corrected chi connectivity index (χ4v) is 20.1. The van der Waals surface area contributed by atoms with Gasteiger partial charge in [-0.25, -0.2) is 0 Å². The summed E-state index contributed by atoms with van der Waals surface area (Å²) < 4.78 is 6.93. The van der Waals surface area contributed by atoms with Gasteiger partial charge >= 0.3 is 208 Å². The van der Waals surface area contributed by atoms with Crippen molar-refractivity contribution in [2.45, 2.75) is 95.6 Å². The van der Waals surface area contributed by atoms with Crippen molar-refractivity contribution >= 4 is 11.1 Å². The molecule has 5 rings (SSSR count). The predicted molar refractivity (Wildman–Crippen MR) is 142 cm³/mol. The van der Waals surface area contributed by atoms with Crippen LogP contribution < -0.4 is 0 Å². The molecule has 2 atom stereocenters. The van der Waals surface area contributed by atoms with E-state index in [1.165, 1.54) is 25.7 Å². The second-order valence-corrected chi connectivity index (χ2v) is 23.9. The molecule has 2 aliphatic carbocycles. The van der Waals surface area contributed by atoms with E-state index < -0.39 is 20.3 Å². The summed E-state index contributed by atoms with van der Waals surface area (Å²) in [6.07, 6.45) is 5.14. The summed E-state index contributed by atoms with van der Waals surface area (Å²) in [6, 6.07) is 14.6. The van der Waals surface area contributed by atoms with Crippen LogP contribution in [0.1, 0.15) is 120 Å². The van der Waals surface area contributed by atoms with Crippen LogP contribution in [-0.4, -0.2) is 0 Å². The Bertz CT molecular complexity index is 1080. The Labute approximate surface area is 207 Å². The Hall–Kier alpha value is -1.20. The Morgan fingerprint density at radius 2 is 1.06 bits per heavy atom. The van der Waals surface area contributed by atoms with Crippen molar-refractivity contribution in [1.29, 1.82) is 0 Å². The van der Waals surface area contributed by atoms with Gasteiger partial charge in [0, 0.05) is 0 Å². The van der Waals surface area contributed by atoms with E-state index in [0.717, 1.165) is 0 Å². The first-order valence-corrected chi connectivity index (χ1v) is 21.1. The van der Waals surface area contributed by atoms with Gasteiger partial charge in [0.15, 0.2) is 0 Å². The van der Waals surface area contributed by atoms with Crippen molar-refractivity contribution in [2.75, 3.05) is 0 Å². The van der Waals surface area contributed by atoms with Gasteiger partial charge in [-0.15, -0.1) is 0 Å². The van der Waals surface area contributed by atoms with Crippen molar-refractivity contribution in [3.63, 3.8) is 0 Å². The number of rotatable bonds is 2. The molecule has 0 saturated heterocycles. The van der Waals surface area contributed by atoms with E-state index in [0.29, 0.717) is 19.1 Å². The van der Waals surface area contributed by atoms with Gasteiger partial charge in [0.2, 0.25) is 0 Å². The van der Waals surface area contributed by atoms with E-state index in [-0.39, 0.29) is 0 Å². The number of benzene rings is 2. The first-order valence-electron chi connectivity index (χ1n) is 13.3. The maximum absolute atomic E-state index is 2.78. The summed E-state index contributed by atoms with van der Waals surface area (Å²) in [5.41, 5.74) is 16.8. The summed E-state index contributed by atoms with van der Waals surface area (Å²) in [5, 5.41) is 0. The Morgan fingerprint density at radius 3 is 1.42 bits per heavy atom. The fourth-order valence-electron chi connectivity index (χ4n) is 7.86. The van der Waals surface area contributed by atoms with Gasteiger partial charge in [0.25, 0.3) is 0 Å². The molecule has 174 valence electrons. The van der Waals surface area contributed by atoms with Gasteiger partial charge in [-0.3, -0.25) is 0 Å². The van der Waals surface area contributed by atoms with Gasteiger partial charge in [0.1, 0.15) is 0 Å². The molecule has 4 bridgehead atoms. The summed E-state index contributed by atoms with van der Waals surface area (Å²) in [4.78, 5) is 0. The summed E-state index contributed by atoms with van der Waals surface area (Å²) in [7, 11) is 0. The van der Waals surface area contributed by atoms with E-state index in [1.807, 2.05) is 0 Å². The molecule has 0 amide bonds. The average molecular weight is 518 g/mol. The standard InChI is InChI=1S/C30H36.2CH3.Zr/c1-19(2)25-15-9-11-23-17-21(5)27(29(23)25)13-7-8-14-28-22(6)18-24-12-10-16-26(20(3)4)30(24)28;;;/h9-12,15-20H,7-8,13-14H2,1-6H3;2*1H3;. The third kappa shape index (κ3) is 3.47. The summed E-state index contributed by atoms with van der Waals surface area (Å²) in [6.45, 7) is 14.6. The van der Waals surface area contributed by atoms with Gasteiger partial charge in [-0.1, -0.05) is 0 Å².